The predicted molar refractivity (Wildman–Crippen MR) is 117 cm³/mol. The van der Waals surface area contributed by atoms with Crippen LogP contribution in [0.5, 0.6) is 5.75 Å². The second kappa shape index (κ2) is 10.7. The average molecular weight is 469 g/mol. The fourth-order valence-electron chi connectivity index (χ4n) is 2.51. The van der Waals surface area contributed by atoms with Gasteiger partial charge in [-0.15, -0.1) is 0 Å². The van der Waals surface area contributed by atoms with Gasteiger partial charge in [-0.1, -0.05) is 18.5 Å². The van der Waals surface area contributed by atoms with Gasteiger partial charge in [-0.25, -0.2) is 4.99 Å². The van der Waals surface area contributed by atoms with Crippen molar-refractivity contribution in [1.29, 1.82) is 0 Å². The molecule has 32 heavy (non-hydrogen) atoms. The highest BCUT2D eigenvalue weighted by Crippen LogP contribution is 2.28. The molecule has 0 spiro atoms. The Bertz CT molecular complexity index is 1050. The molecule has 2 rings (SSSR count). The second-order valence-electron chi connectivity index (χ2n) is 6.32. The summed E-state index contributed by atoms with van der Waals surface area (Å²) in [4.78, 5) is 27.8. The molecule has 0 saturated carbocycles. The molecule has 0 fully saturated rings. The Morgan fingerprint density at radius 2 is 1.72 bits per heavy atom. The molecule has 7 nitrogen and oxygen atoms in total. The maximum atomic E-state index is 13.7. The van der Waals surface area contributed by atoms with Crippen LogP contribution in [0.15, 0.2) is 59.2 Å². The molecule has 2 amide bonds. The first kappa shape index (κ1) is 24.7. The van der Waals surface area contributed by atoms with Crippen molar-refractivity contribution in [2.75, 3.05) is 17.7 Å². The van der Waals surface area contributed by atoms with E-state index in [-0.39, 0.29) is 34.4 Å². The highest BCUT2D eigenvalue weighted by Gasteiger charge is 2.40. The number of carbonyl (C=O) groups is 2. The van der Waals surface area contributed by atoms with Gasteiger partial charge in [0, 0.05) is 29.0 Å². The zero-order valence-corrected chi connectivity index (χ0v) is 17.8. The highest BCUT2D eigenvalue weighted by molar-refractivity contribution is 6.31. The molecule has 0 heterocycles. The molecule has 170 valence electrons. The lowest BCUT2D eigenvalue weighted by Gasteiger charge is -2.15. The number of nitrogens with zero attached hydrogens (tertiary/aromatic N) is 1. The largest absolute Gasteiger partial charge is 0.497 e. The van der Waals surface area contributed by atoms with Crippen LogP contribution in [0.3, 0.4) is 0 Å². The van der Waals surface area contributed by atoms with Crippen LogP contribution in [0.25, 0.3) is 0 Å². The molecule has 0 bridgehead atoms. The third-order valence-corrected chi connectivity index (χ3v) is 4.23. The summed E-state index contributed by atoms with van der Waals surface area (Å²) >= 11 is 5.98. The van der Waals surface area contributed by atoms with E-state index in [0.29, 0.717) is 11.9 Å². The third kappa shape index (κ3) is 6.74. The minimum absolute atomic E-state index is 0.0548. The summed E-state index contributed by atoms with van der Waals surface area (Å²) in [6.45, 7) is 1.64. The Balaban J connectivity index is 2.36. The number of anilines is 2. The smallest absolute Gasteiger partial charge is 0.434 e. The number of methoxy groups -OCH3 is 1. The van der Waals surface area contributed by atoms with Crippen LogP contribution in [0.1, 0.15) is 13.3 Å². The van der Waals surface area contributed by atoms with Gasteiger partial charge in [0.15, 0.2) is 5.71 Å². The van der Waals surface area contributed by atoms with Gasteiger partial charge in [-0.2, -0.15) is 13.2 Å². The number of halogens is 4. The minimum Gasteiger partial charge on any atom is -0.497 e. The van der Waals surface area contributed by atoms with Crippen molar-refractivity contribution in [3.05, 3.63) is 59.3 Å². The molecule has 0 aliphatic heterocycles. The lowest BCUT2D eigenvalue weighted by atomic mass is 10.1. The second-order valence-corrected chi connectivity index (χ2v) is 6.76. The molecular formula is C21H20ClF3N4O3. The Morgan fingerprint density at radius 1 is 1.12 bits per heavy atom. The molecule has 0 aromatic heterocycles. The average Bonchev–Trinajstić information content (AvgIpc) is 2.72. The van der Waals surface area contributed by atoms with E-state index in [1.54, 1.807) is 6.92 Å². The number of hydrogen-bond donors (Lipinski definition) is 3. The van der Waals surface area contributed by atoms with E-state index in [4.69, 9.17) is 22.1 Å². The highest BCUT2D eigenvalue weighted by atomic mass is 35.5. The number of rotatable bonds is 7. The summed E-state index contributed by atoms with van der Waals surface area (Å²) in [5.74, 6) is -1.04. The molecular weight excluding hydrogens is 449 g/mol. The number of hydrogen-bond acceptors (Lipinski definition) is 5. The van der Waals surface area contributed by atoms with Gasteiger partial charge in [-0.3, -0.25) is 9.59 Å². The lowest BCUT2D eigenvalue weighted by molar-refractivity contribution is -0.116. The number of ether oxygens (including phenoxy) is 1. The summed E-state index contributed by atoms with van der Waals surface area (Å²) in [6, 6.07) is 9.54. The van der Waals surface area contributed by atoms with Crippen molar-refractivity contribution in [1.82, 2.24) is 0 Å². The van der Waals surface area contributed by atoms with E-state index >= 15 is 0 Å². The van der Waals surface area contributed by atoms with Crippen molar-refractivity contribution in [3.63, 3.8) is 0 Å². The van der Waals surface area contributed by atoms with Gasteiger partial charge in [0.25, 0.3) is 5.91 Å². The van der Waals surface area contributed by atoms with Crippen LogP contribution in [0, 0.1) is 0 Å². The van der Waals surface area contributed by atoms with Gasteiger partial charge < -0.3 is 21.1 Å². The molecule has 0 aliphatic carbocycles. The molecule has 0 atom stereocenters. The van der Waals surface area contributed by atoms with Crippen LogP contribution in [0.4, 0.5) is 30.2 Å². The number of benzene rings is 2. The van der Waals surface area contributed by atoms with Crippen molar-refractivity contribution in [2.45, 2.75) is 19.5 Å². The molecule has 0 radical (unpaired) electrons. The summed E-state index contributed by atoms with van der Waals surface area (Å²) in [7, 11) is 1.41. The summed E-state index contributed by atoms with van der Waals surface area (Å²) in [5, 5.41) is 5.00. The number of alkyl halides is 3. The van der Waals surface area contributed by atoms with Crippen molar-refractivity contribution in [2.24, 2.45) is 10.7 Å². The minimum atomic E-state index is -4.98. The van der Waals surface area contributed by atoms with Gasteiger partial charge >= 0.3 is 6.18 Å². The molecule has 4 N–H and O–H groups in total. The Hall–Kier alpha value is -3.53. The quantitative estimate of drug-likeness (QED) is 0.400. The normalized spacial score (nSPS) is 12.3. The van der Waals surface area contributed by atoms with Crippen LogP contribution in [-0.2, 0) is 9.59 Å². The molecule has 2 aromatic carbocycles. The first-order valence-electron chi connectivity index (χ1n) is 9.21. The standard InChI is InChI=1S/C21H20ClF3N4O3/c1-3-18(30)27-14-8-12(22)9-15(10-14)29-20(31)17(11-26)19(21(23,24)25)28-13-4-6-16(32-2)7-5-13/h4-11H,3,26H2,1-2H3,(H,27,30)(H,29,31). The topological polar surface area (TPSA) is 106 Å². The number of amides is 2. The molecule has 11 heteroatoms. The van der Waals surface area contributed by atoms with Gasteiger partial charge in [0.1, 0.15) is 5.75 Å². The summed E-state index contributed by atoms with van der Waals surface area (Å²) in [6.07, 6.45) is -4.25. The number of carbonyl (C=O) groups excluding carboxylic acids is 2. The zero-order valence-electron chi connectivity index (χ0n) is 17.1. The molecule has 0 saturated heterocycles. The van der Waals surface area contributed by atoms with Crippen LogP contribution in [0.2, 0.25) is 5.02 Å². The SMILES string of the molecule is CCC(=O)Nc1cc(Cl)cc(NC(=O)C(=CN)C(=Nc2ccc(OC)cc2)C(F)(F)F)c1. The summed E-state index contributed by atoms with van der Waals surface area (Å²) in [5.41, 5.74) is 3.24. The maximum Gasteiger partial charge on any atom is 0.434 e. The van der Waals surface area contributed by atoms with Gasteiger partial charge in [-0.05, 0) is 42.5 Å². The van der Waals surface area contributed by atoms with Crippen LogP contribution < -0.4 is 21.1 Å². The van der Waals surface area contributed by atoms with Crippen LogP contribution in [-0.4, -0.2) is 30.8 Å². The Kier molecular flexibility index (Phi) is 8.25. The third-order valence-electron chi connectivity index (χ3n) is 4.01. The predicted octanol–water partition coefficient (Wildman–Crippen LogP) is 4.81. The van der Waals surface area contributed by atoms with E-state index in [2.05, 4.69) is 15.6 Å². The first-order chi connectivity index (χ1) is 15.1. The van der Waals surface area contributed by atoms with Crippen molar-refractivity contribution >= 4 is 46.2 Å². The fraction of sp³-hybridized carbons (Fsp3) is 0.190. The van der Waals surface area contributed by atoms with E-state index in [1.165, 1.54) is 49.6 Å². The van der Waals surface area contributed by atoms with E-state index in [0.717, 1.165) is 0 Å². The first-order valence-corrected chi connectivity index (χ1v) is 9.59. The van der Waals surface area contributed by atoms with E-state index in [9.17, 15) is 22.8 Å². The number of nitrogens with one attached hydrogen (secondary N) is 2. The molecule has 0 unspecified atom stereocenters. The number of aliphatic imine (C=N–C) groups is 1. The van der Waals surface area contributed by atoms with E-state index < -0.39 is 23.4 Å². The monoisotopic (exact) mass is 468 g/mol. The number of nitrogens with two attached hydrogens (primary N) is 1. The van der Waals surface area contributed by atoms with Gasteiger partial charge in [0.05, 0.1) is 18.4 Å². The van der Waals surface area contributed by atoms with Crippen molar-refractivity contribution < 1.29 is 27.5 Å². The summed E-state index contributed by atoms with van der Waals surface area (Å²) < 4.78 is 46.1. The molecule has 0 aliphatic rings. The van der Waals surface area contributed by atoms with Gasteiger partial charge in [0.2, 0.25) is 5.91 Å². The maximum absolute atomic E-state index is 13.7. The lowest BCUT2D eigenvalue weighted by Crippen LogP contribution is -2.32. The van der Waals surface area contributed by atoms with Crippen LogP contribution >= 0.6 is 11.6 Å². The molecule has 2 aromatic rings. The van der Waals surface area contributed by atoms with Crippen molar-refractivity contribution in [3.8, 4) is 5.75 Å². The Morgan fingerprint density at radius 3 is 2.22 bits per heavy atom. The Labute approximate surface area is 187 Å². The zero-order chi connectivity index (χ0) is 23.9. The van der Waals surface area contributed by atoms with E-state index in [1.807, 2.05) is 0 Å². The fourth-order valence-corrected chi connectivity index (χ4v) is 2.74.